The van der Waals surface area contributed by atoms with Gasteiger partial charge in [0.05, 0.1) is 5.52 Å². The number of aromatic nitrogens is 2. The highest BCUT2D eigenvalue weighted by Gasteiger charge is 2.02. The van der Waals surface area contributed by atoms with Gasteiger partial charge >= 0.3 is 5.69 Å². The molecule has 0 aliphatic rings. The van der Waals surface area contributed by atoms with Crippen LogP contribution in [0.4, 0.5) is 0 Å². The van der Waals surface area contributed by atoms with Crippen LogP contribution >= 0.6 is 15.9 Å². The van der Waals surface area contributed by atoms with Gasteiger partial charge < -0.3 is 10.7 Å². The van der Waals surface area contributed by atoms with Gasteiger partial charge in [0, 0.05) is 22.1 Å². The summed E-state index contributed by atoms with van der Waals surface area (Å²) in [7, 11) is 0. The van der Waals surface area contributed by atoms with Crippen molar-refractivity contribution in [3.05, 3.63) is 38.9 Å². The molecule has 3 N–H and O–H groups in total. The van der Waals surface area contributed by atoms with Crippen LogP contribution in [0.3, 0.4) is 0 Å². The van der Waals surface area contributed by atoms with E-state index in [4.69, 9.17) is 5.73 Å². The number of nitrogens with one attached hydrogen (secondary N) is 1. The zero-order valence-corrected chi connectivity index (χ0v) is 8.84. The Hall–Kier alpha value is -1.20. The monoisotopic (exact) mass is 253 g/mol. The van der Waals surface area contributed by atoms with E-state index in [0.29, 0.717) is 17.8 Å². The third-order valence-corrected chi connectivity index (χ3v) is 2.46. The summed E-state index contributed by atoms with van der Waals surface area (Å²) in [6.07, 6.45) is 0. The molecule has 0 aliphatic heterocycles. The number of H-pyrrole nitrogens is 1. The van der Waals surface area contributed by atoms with Crippen molar-refractivity contribution in [2.75, 3.05) is 0 Å². The highest BCUT2D eigenvalue weighted by molar-refractivity contribution is 9.10. The zero-order valence-electron chi connectivity index (χ0n) is 7.25. The maximum Gasteiger partial charge on any atom is 0.345 e. The van der Waals surface area contributed by atoms with Crippen LogP contribution in [-0.4, -0.2) is 9.97 Å². The van der Waals surface area contributed by atoms with Crippen molar-refractivity contribution in [3.63, 3.8) is 0 Å². The predicted octanol–water partition coefficient (Wildman–Crippen LogP) is 1.14. The van der Waals surface area contributed by atoms with E-state index in [1.54, 1.807) is 6.07 Å². The van der Waals surface area contributed by atoms with Gasteiger partial charge in [0.1, 0.15) is 0 Å². The fourth-order valence-electron chi connectivity index (χ4n) is 1.35. The fourth-order valence-corrected chi connectivity index (χ4v) is 1.70. The highest BCUT2D eigenvalue weighted by atomic mass is 79.9. The number of nitrogens with zero attached hydrogens (tertiary/aromatic N) is 1. The van der Waals surface area contributed by atoms with Gasteiger partial charge in [0.25, 0.3) is 0 Å². The summed E-state index contributed by atoms with van der Waals surface area (Å²) < 4.78 is 0.895. The molecular formula is C9H8BrN3O. The Morgan fingerprint density at radius 1 is 1.50 bits per heavy atom. The van der Waals surface area contributed by atoms with E-state index >= 15 is 0 Å². The Morgan fingerprint density at radius 3 is 3.00 bits per heavy atom. The first kappa shape index (κ1) is 9.36. The lowest BCUT2D eigenvalue weighted by Gasteiger charge is -2.02. The third-order valence-electron chi connectivity index (χ3n) is 1.97. The van der Waals surface area contributed by atoms with Gasteiger partial charge in [0.15, 0.2) is 0 Å². The Labute approximate surface area is 88.3 Å². The molecular weight excluding hydrogens is 246 g/mol. The molecule has 2 rings (SSSR count). The molecule has 1 aromatic heterocycles. The SMILES string of the molecule is NCc1[nH]c(=O)nc2cc(Br)ccc12. The van der Waals surface area contributed by atoms with E-state index in [1.165, 1.54) is 0 Å². The summed E-state index contributed by atoms with van der Waals surface area (Å²) in [6, 6.07) is 5.57. The Morgan fingerprint density at radius 2 is 2.29 bits per heavy atom. The van der Waals surface area contributed by atoms with E-state index < -0.39 is 0 Å². The molecule has 5 heteroatoms. The summed E-state index contributed by atoms with van der Waals surface area (Å²) in [5.74, 6) is 0. The van der Waals surface area contributed by atoms with Crippen LogP contribution in [-0.2, 0) is 6.54 Å². The summed E-state index contributed by atoms with van der Waals surface area (Å²) >= 11 is 3.32. The van der Waals surface area contributed by atoms with Gasteiger partial charge in [-0.25, -0.2) is 4.79 Å². The normalized spacial score (nSPS) is 10.7. The molecule has 0 radical (unpaired) electrons. The lowest BCUT2D eigenvalue weighted by Crippen LogP contribution is -2.15. The molecule has 0 aliphatic carbocycles. The predicted molar refractivity (Wildman–Crippen MR) is 58.0 cm³/mol. The third kappa shape index (κ3) is 1.56. The molecule has 0 saturated heterocycles. The van der Waals surface area contributed by atoms with Crippen molar-refractivity contribution in [2.45, 2.75) is 6.54 Å². The minimum Gasteiger partial charge on any atom is -0.325 e. The van der Waals surface area contributed by atoms with E-state index in [1.807, 2.05) is 12.1 Å². The Kier molecular flexibility index (Phi) is 2.35. The average Bonchev–Trinajstić information content (AvgIpc) is 2.15. The molecule has 4 nitrogen and oxygen atoms in total. The molecule has 1 heterocycles. The van der Waals surface area contributed by atoms with Crippen LogP contribution < -0.4 is 11.4 Å². The number of halogens is 1. The molecule has 0 amide bonds. The highest BCUT2D eigenvalue weighted by Crippen LogP contribution is 2.18. The van der Waals surface area contributed by atoms with Crippen LogP contribution in [0.2, 0.25) is 0 Å². The lowest BCUT2D eigenvalue weighted by atomic mass is 10.2. The molecule has 72 valence electrons. The molecule has 0 saturated carbocycles. The average molecular weight is 254 g/mol. The topological polar surface area (TPSA) is 71.8 Å². The maximum absolute atomic E-state index is 11.1. The quantitative estimate of drug-likeness (QED) is 0.801. The van der Waals surface area contributed by atoms with Gasteiger partial charge in [0.2, 0.25) is 0 Å². The van der Waals surface area contributed by atoms with Gasteiger partial charge in [-0.15, -0.1) is 0 Å². The molecule has 0 unspecified atom stereocenters. The van der Waals surface area contributed by atoms with Crippen LogP contribution in [0, 0.1) is 0 Å². The second kappa shape index (κ2) is 3.51. The van der Waals surface area contributed by atoms with Crippen LogP contribution in [0.25, 0.3) is 10.9 Å². The summed E-state index contributed by atoms with van der Waals surface area (Å²) in [5.41, 5.74) is 6.52. The minimum atomic E-state index is -0.365. The van der Waals surface area contributed by atoms with E-state index in [-0.39, 0.29) is 5.69 Å². The van der Waals surface area contributed by atoms with Gasteiger partial charge in [-0.3, -0.25) is 0 Å². The van der Waals surface area contributed by atoms with E-state index in [2.05, 4.69) is 25.9 Å². The largest absolute Gasteiger partial charge is 0.345 e. The summed E-state index contributed by atoms with van der Waals surface area (Å²) in [5, 5.41) is 0.885. The number of aromatic amines is 1. The number of fused-ring (bicyclic) bond motifs is 1. The molecule has 0 bridgehead atoms. The lowest BCUT2D eigenvalue weighted by molar-refractivity contribution is 0.960. The van der Waals surface area contributed by atoms with Crippen molar-refractivity contribution < 1.29 is 0 Å². The van der Waals surface area contributed by atoms with Crippen molar-refractivity contribution in [1.82, 2.24) is 9.97 Å². The number of hydrogen-bond donors (Lipinski definition) is 2. The first-order valence-corrected chi connectivity index (χ1v) is 4.88. The first-order chi connectivity index (χ1) is 6.70. The number of benzene rings is 1. The number of rotatable bonds is 1. The Balaban J connectivity index is 2.87. The van der Waals surface area contributed by atoms with Gasteiger partial charge in [-0.2, -0.15) is 4.98 Å². The van der Waals surface area contributed by atoms with E-state index in [9.17, 15) is 4.79 Å². The number of hydrogen-bond acceptors (Lipinski definition) is 3. The van der Waals surface area contributed by atoms with Crippen molar-refractivity contribution in [2.24, 2.45) is 5.73 Å². The second-order valence-electron chi connectivity index (χ2n) is 2.89. The molecule has 2 aromatic rings. The van der Waals surface area contributed by atoms with Crippen molar-refractivity contribution in [1.29, 1.82) is 0 Å². The zero-order chi connectivity index (χ0) is 10.1. The van der Waals surface area contributed by atoms with Gasteiger partial charge in [-0.05, 0) is 18.2 Å². The fraction of sp³-hybridized carbons (Fsp3) is 0.111. The maximum atomic E-state index is 11.1. The Bertz CT molecular complexity index is 535. The summed E-state index contributed by atoms with van der Waals surface area (Å²) in [6.45, 7) is 0.301. The standard InChI is InChI=1S/C9H8BrN3O/c10-5-1-2-6-7(3-5)12-9(14)13-8(6)4-11/h1-3H,4,11H2,(H,12,13,14). The van der Waals surface area contributed by atoms with Crippen LogP contribution in [0.1, 0.15) is 5.69 Å². The van der Waals surface area contributed by atoms with Crippen LogP contribution in [0.5, 0.6) is 0 Å². The van der Waals surface area contributed by atoms with E-state index in [0.717, 1.165) is 9.86 Å². The second-order valence-corrected chi connectivity index (χ2v) is 3.80. The smallest absolute Gasteiger partial charge is 0.325 e. The number of nitrogens with two attached hydrogens (primary N) is 1. The first-order valence-electron chi connectivity index (χ1n) is 4.09. The molecule has 14 heavy (non-hydrogen) atoms. The summed E-state index contributed by atoms with van der Waals surface area (Å²) in [4.78, 5) is 17.6. The molecule has 0 fully saturated rings. The minimum absolute atomic E-state index is 0.301. The van der Waals surface area contributed by atoms with Gasteiger partial charge in [-0.1, -0.05) is 15.9 Å². The van der Waals surface area contributed by atoms with Crippen molar-refractivity contribution in [3.8, 4) is 0 Å². The molecule has 1 aromatic carbocycles. The molecule has 0 spiro atoms. The molecule has 0 atom stereocenters. The van der Waals surface area contributed by atoms with Crippen LogP contribution in [0.15, 0.2) is 27.5 Å². The van der Waals surface area contributed by atoms with Crippen molar-refractivity contribution >= 4 is 26.8 Å².